The van der Waals surface area contributed by atoms with Crippen molar-refractivity contribution in [2.75, 3.05) is 12.4 Å². The summed E-state index contributed by atoms with van der Waals surface area (Å²) in [6.45, 7) is 2.10. The van der Waals surface area contributed by atoms with Crippen molar-refractivity contribution in [2.24, 2.45) is 0 Å². The molecule has 0 unspecified atom stereocenters. The first-order valence-corrected chi connectivity index (χ1v) is 7.18. The molecule has 0 fully saturated rings. The third-order valence-corrected chi connectivity index (χ3v) is 3.19. The minimum Gasteiger partial charge on any atom is -0.497 e. The van der Waals surface area contributed by atoms with Crippen LogP contribution in [-0.4, -0.2) is 23.2 Å². The van der Waals surface area contributed by atoms with Gasteiger partial charge in [0.1, 0.15) is 5.75 Å². The summed E-state index contributed by atoms with van der Waals surface area (Å²) >= 11 is 0. The Balaban J connectivity index is 1.83. The number of carbonyl (C=O) groups is 1. The molecule has 1 aromatic carbocycles. The van der Waals surface area contributed by atoms with Crippen molar-refractivity contribution in [3.63, 3.8) is 0 Å². The normalized spacial score (nSPS) is 10.4. The fourth-order valence-corrected chi connectivity index (χ4v) is 2.11. The van der Waals surface area contributed by atoms with E-state index in [4.69, 9.17) is 4.74 Å². The van der Waals surface area contributed by atoms with Gasteiger partial charge in [-0.2, -0.15) is 5.10 Å². The highest BCUT2D eigenvalue weighted by molar-refractivity contribution is 5.89. The minimum absolute atomic E-state index is 0.0348. The Kier molecular flexibility index (Phi) is 5.37. The lowest BCUT2D eigenvalue weighted by molar-refractivity contribution is -0.116. The fourth-order valence-electron chi connectivity index (χ4n) is 2.11. The van der Waals surface area contributed by atoms with Crippen LogP contribution in [0.25, 0.3) is 0 Å². The Bertz CT molecular complexity index is 593. The van der Waals surface area contributed by atoms with E-state index in [0.29, 0.717) is 18.7 Å². The zero-order valence-electron chi connectivity index (χ0n) is 12.5. The molecule has 0 aliphatic carbocycles. The van der Waals surface area contributed by atoms with Crippen molar-refractivity contribution in [1.82, 2.24) is 10.2 Å². The van der Waals surface area contributed by atoms with Gasteiger partial charge < -0.3 is 10.1 Å². The van der Waals surface area contributed by atoms with Gasteiger partial charge in [0.05, 0.1) is 7.11 Å². The molecule has 1 amide bonds. The molecule has 0 atom stereocenters. The molecule has 5 nitrogen and oxygen atoms in total. The van der Waals surface area contributed by atoms with Crippen LogP contribution in [0.1, 0.15) is 31.0 Å². The van der Waals surface area contributed by atoms with Gasteiger partial charge in [-0.3, -0.25) is 9.89 Å². The number of H-pyrrole nitrogens is 1. The monoisotopic (exact) mass is 287 g/mol. The Morgan fingerprint density at radius 1 is 1.33 bits per heavy atom. The van der Waals surface area contributed by atoms with Crippen LogP contribution in [0.15, 0.2) is 30.3 Å². The lowest BCUT2D eigenvalue weighted by atomic mass is 10.1. The molecule has 0 bridgehead atoms. The minimum atomic E-state index is -0.0348. The van der Waals surface area contributed by atoms with E-state index in [1.165, 1.54) is 0 Å². The predicted octanol–water partition coefficient (Wildman–Crippen LogP) is 2.94. The second-order valence-corrected chi connectivity index (χ2v) is 4.93. The van der Waals surface area contributed by atoms with Crippen molar-refractivity contribution in [3.8, 4) is 5.75 Å². The first kappa shape index (κ1) is 15.1. The van der Waals surface area contributed by atoms with E-state index in [2.05, 4.69) is 22.4 Å². The highest BCUT2D eigenvalue weighted by Crippen LogP contribution is 2.14. The molecule has 0 spiro atoms. The average molecular weight is 287 g/mol. The van der Waals surface area contributed by atoms with Crippen LogP contribution in [0.4, 0.5) is 5.82 Å². The molecular formula is C16H21N3O2. The molecule has 0 saturated carbocycles. The number of anilines is 1. The molecule has 1 aromatic heterocycles. The predicted molar refractivity (Wildman–Crippen MR) is 82.5 cm³/mol. The highest BCUT2D eigenvalue weighted by atomic mass is 16.5. The smallest absolute Gasteiger partial charge is 0.225 e. The zero-order chi connectivity index (χ0) is 15.1. The molecule has 2 rings (SSSR count). The van der Waals surface area contributed by atoms with Crippen LogP contribution < -0.4 is 10.1 Å². The molecule has 2 N–H and O–H groups in total. The molecule has 0 aliphatic rings. The van der Waals surface area contributed by atoms with Gasteiger partial charge in [0, 0.05) is 18.2 Å². The summed E-state index contributed by atoms with van der Waals surface area (Å²) in [5.74, 6) is 1.37. The number of methoxy groups -OCH3 is 1. The summed E-state index contributed by atoms with van der Waals surface area (Å²) in [4.78, 5) is 11.9. The van der Waals surface area contributed by atoms with E-state index in [1.54, 1.807) is 7.11 Å². The van der Waals surface area contributed by atoms with Crippen LogP contribution in [0, 0.1) is 0 Å². The molecular weight excluding hydrogens is 266 g/mol. The molecule has 0 aliphatic heterocycles. The van der Waals surface area contributed by atoms with Gasteiger partial charge >= 0.3 is 0 Å². The van der Waals surface area contributed by atoms with Crippen molar-refractivity contribution >= 4 is 11.7 Å². The number of amides is 1. The Hall–Kier alpha value is -2.30. The number of benzene rings is 1. The second kappa shape index (κ2) is 7.47. The van der Waals surface area contributed by atoms with Crippen molar-refractivity contribution in [1.29, 1.82) is 0 Å². The number of carbonyl (C=O) groups excluding carboxylic acids is 1. The summed E-state index contributed by atoms with van der Waals surface area (Å²) in [7, 11) is 1.64. The Morgan fingerprint density at radius 2 is 2.19 bits per heavy atom. The molecule has 1 heterocycles. The van der Waals surface area contributed by atoms with Crippen LogP contribution in [0.2, 0.25) is 0 Å². The number of nitrogens with zero attached hydrogens (tertiary/aromatic N) is 1. The first-order valence-electron chi connectivity index (χ1n) is 7.18. The van der Waals surface area contributed by atoms with Crippen molar-refractivity contribution < 1.29 is 9.53 Å². The molecule has 0 radical (unpaired) electrons. The number of rotatable bonds is 7. The number of aromatic amines is 1. The number of ether oxygens (including phenoxy) is 1. The Labute approximate surface area is 124 Å². The number of nitrogens with one attached hydrogen (secondary N) is 2. The largest absolute Gasteiger partial charge is 0.497 e. The third-order valence-electron chi connectivity index (χ3n) is 3.19. The van der Waals surface area contributed by atoms with E-state index in [1.807, 2.05) is 30.3 Å². The zero-order valence-corrected chi connectivity index (χ0v) is 12.5. The van der Waals surface area contributed by atoms with Crippen LogP contribution in [0.3, 0.4) is 0 Å². The van der Waals surface area contributed by atoms with Crippen molar-refractivity contribution in [2.45, 2.75) is 32.6 Å². The third kappa shape index (κ3) is 4.63. The quantitative estimate of drug-likeness (QED) is 0.822. The number of aryl methyl sites for hydroxylation is 2. The average Bonchev–Trinajstić information content (AvgIpc) is 2.93. The van der Waals surface area contributed by atoms with E-state index in [9.17, 15) is 4.79 Å². The van der Waals surface area contributed by atoms with Crippen LogP contribution in [-0.2, 0) is 17.6 Å². The topological polar surface area (TPSA) is 67.0 Å². The SMILES string of the molecule is CCCc1cc(NC(=O)CCc2cccc(OC)c2)n[nH]1. The maximum atomic E-state index is 11.9. The van der Waals surface area contributed by atoms with Gasteiger partial charge in [0.2, 0.25) is 5.91 Å². The molecule has 5 heteroatoms. The van der Waals surface area contributed by atoms with Gasteiger partial charge in [-0.15, -0.1) is 0 Å². The first-order chi connectivity index (χ1) is 10.2. The van der Waals surface area contributed by atoms with E-state index >= 15 is 0 Å². The van der Waals surface area contributed by atoms with Gasteiger partial charge in [0.15, 0.2) is 5.82 Å². The maximum absolute atomic E-state index is 11.9. The number of hydrogen-bond donors (Lipinski definition) is 2. The summed E-state index contributed by atoms with van der Waals surface area (Å²) in [5.41, 5.74) is 2.12. The fraction of sp³-hybridized carbons (Fsp3) is 0.375. The van der Waals surface area contributed by atoms with Crippen LogP contribution in [0.5, 0.6) is 5.75 Å². The second-order valence-electron chi connectivity index (χ2n) is 4.93. The van der Waals surface area contributed by atoms with Crippen molar-refractivity contribution in [3.05, 3.63) is 41.6 Å². The van der Waals surface area contributed by atoms with Gasteiger partial charge in [0.25, 0.3) is 0 Å². The van der Waals surface area contributed by atoms with E-state index in [0.717, 1.165) is 29.8 Å². The highest BCUT2D eigenvalue weighted by Gasteiger charge is 2.06. The van der Waals surface area contributed by atoms with Crippen LogP contribution >= 0.6 is 0 Å². The standard InChI is InChI=1S/C16H21N3O2/c1-3-5-13-11-15(19-18-13)17-16(20)9-8-12-6-4-7-14(10-12)21-2/h4,6-7,10-11H,3,5,8-9H2,1-2H3,(H2,17,18,19,20). The van der Waals surface area contributed by atoms with Gasteiger partial charge in [-0.25, -0.2) is 0 Å². The molecule has 2 aromatic rings. The summed E-state index contributed by atoms with van der Waals surface area (Å²) in [5, 5.41) is 9.81. The summed E-state index contributed by atoms with van der Waals surface area (Å²) < 4.78 is 5.17. The lowest BCUT2D eigenvalue weighted by Crippen LogP contribution is -2.12. The lowest BCUT2D eigenvalue weighted by Gasteiger charge is -2.04. The van der Waals surface area contributed by atoms with Gasteiger partial charge in [-0.1, -0.05) is 25.5 Å². The van der Waals surface area contributed by atoms with E-state index < -0.39 is 0 Å². The summed E-state index contributed by atoms with van der Waals surface area (Å²) in [6, 6.07) is 9.64. The molecule has 21 heavy (non-hydrogen) atoms. The van der Waals surface area contributed by atoms with E-state index in [-0.39, 0.29) is 5.91 Å². The van der Waals surface area contributed by atoms with Gasteiger partial charge in [-0.05, 0) is 30.5 Å². The Morgan fingerprint density at radius 3 is 2.95 bits per heavy atom. The summed E-state index contributed by atoms with van der Waals surface area (Å²) in [6.07, 6.45) is 3.08. The molecule has 112 valence electrons. The molecule has 0 saturated heterocycles. The number of hydrogen-bond acceptors (Lipinski definition) is 3. The number of aromatic nitrogens is 2. The maximum Gasteiger partial charge on any atom is 0.225 e.